The van der Waals surface area contributed by atoms with Gasteiger partial charge in [-0.25, -0.2) is 0 Å². The van der Waals surface area contributed by atoms with E-state index in [0.29, 0.717) is 15.9 Å². The fraction of sp³-hybridized carbons (Fsp3) is 0. The van der Waals surface area contributed by atoms with Crippen LogP contribution < -0.4 is 56.8 Å². The Bertz CT molecular complexity index is 518. The predicted molar refractivity (Wildman–Crippen MR) is 55.5 cm³/mol. The van der Waals surface area contributed by atoms with Gasteiger partial charge in [-0.3, -0.25) is 4.98 Å². The van der Waals surface area contributed by atoms with Gasteiger partial charge in [0.25, 0.3) is 0 Å². The first-order valence-electron chi connectivity index (χ1n) is 4.22. The normalized spacial score (nSPS) is 11.2. The second-order valence-electron chi connectivity index (χ2n) is 3.18. The van der Waals surface area contributed by atoms with Crippen molar-refractivity contribution < 1.29 is 64.3 Å². The van der Waals surface area contributed by atoms with Crippen molar-refractivity contribution in [2.75, 3.05) is 0 Å². The largest absolute Gasteiger partial charge is 1.00 e. The summed E-state index contributed by atoms with van der Waals surface area (Å²) in [5, 5.41) is 0.801. The number of halogens is 4. The van der Waals surface area contributed by atoms with Gasteiger partial charge in [0.1, 0.15) is 0 Å². The van der Waals surface area contributed by atoms with Gasteiger partial charge in [-0.05, 0) is 23.6 Å². The molecule has 0 N–H and O–H groups in total. The molecule has 2 rings (SSSR count). The number of aromatic nitrogens is 1. The van der Waals surface area contributed by atoms with Crippen molar-refractivity contribution >= 4 is 34.9 Å². The van der Waals surface area contributed by atoms with Crippen LogP contribution in [-0.4, -0.2) is 12.0 Å². The van der Waals surface area contributed by atoms with Gasteiger partial charge < -0.3 is 12.9 Å². The predicted octanol–water partition coefficient (Wildman–Crippen LogP) is -0.0534. The molecule has 0 aliphatic carbocycles. The molecule has 0 spiro atoms. The van der Waals surface area contributed by atoms with Crippen LogP contribution in [0.3, 0.4) is 0 Å². The third kappa shape index (κ3) is 3.21. The van der Waals surface area contributed by atoms with Crippen LogP contribution in [-0.2, 0) is 0 Å². The third-order valence-corrected chi connectivity index (χ3v) is 2.28. The summed E-state index contributed by atoms with van der Waals surface area (Å²) >= 11 is 5.68. The first kappa shape index (κ1) is 14.5. The van der Waals surface area contributed by atoms with Gasteiger partial charge in [0.2, 0.25) is 0 Å². The van der Waals surface area contributed by atoms with Crippen molar-refractivity contribution in [2.24, 2.45) is 0 Å². The molecule has 0 fully saturated rings. The third-order valence-electron chi connectivity index (χ3n) is 2.04. The smallest absolute Gasteiger partial charge is 0.445 e. The van der Waals surface area contributed by atoms with E-state index >= 15 is 0 Å². The maximum Gasteiger partial charge on any atom is 1.00 e. The summed E-state index contributed by atoms with van der Waals surface area (Å²) in [7, 11) is 0. The molecular formula is C9H5BClF3KN. The Morgan fingerprint density at radius 3 is 2.44 bits per heavy atom. The van der Waals surface area contributed by atoms with Crippen molar-refractivity contribution in [3.05, 3.63) is 35.5 Å². The summed E-state index contributed by atoms with van der Waals surface area (Å²) in [5.74, 6) is 0. The van der Waals surface area contributed by atoms with Crippen LogP contribution in [0.5, 0.6) is 0 Å². The monoisotopic (exact) mass is 269 g/mol. The molecule has 0 saturated carbocycles. The molecule has 78 valence electrons. The van der Waals surface area contributed by atoms with E-state index in [1.807, 2.05) is 0 Å². The van der Waals surface area contributed by atoms with Crippen molar-refractivity contribution in [1.29, 1.82) is 0 Å². The Balaban J connectivity index is 0.00000128. The van der Waals surface area contributed by atoms with Gasteiger partial charge in [-0.2, -0.15) is 0 Å². The molecule has 0 radical (unpaired) electrons. The van der Waals surface area contributed by atoms with Crippen molar-refractivity contribution in [1.82, 2.24) is 4.98 Å². The van der Waals surface area contributed by atoms with Gasteiger partial charge in [0.05, 0.1) is 5.52 Å². The molecule has 1 aromatic carbocycles. The van der Waals surface area contributed by atoms with Crippen LogP contribution >= 0.6 is 11.6 Å². The van der Waals surface area contributed by atoms with Crippen LogP contribution in [0.2, 0.25) is 5.02 Å². The number of rotatable bonds is 1. The Kier molecular flexibility index (Phi) is 4.86. The van der Waals surface area contributed by atoms with E-state index in [9.17, 15) is 12.9 Å². The van der Waals surface area contributed by atoms with E-state index < -0.39 is 12.4 Å². The first-order chi connectivity index (χ1) is 6.97. The Morgan fingerprint density at radius 1 is 1.12 bits per heavy atom. The molecule has 16 heavy (non-hydrogen) atoms. The summed E-state index contributed by atoms with van der Waals surface area (Å²) in [6.07, 6.45) is 0.843. The SMILES string of the molecule is F[B-](F)(F)c1cnc2ccc(Cl)cc2c1.[K+]. The Morgan fingerprint density at radius 2 is 1.81 bits per heavy atom. The molecule has 1 nitrogen and oxygen atoms in total. The zero-order chi connectivity index (χ0) is 11.1. The average molecular weight is 270 g/mol. The fourth-order valence-corrected chi connectivity index (χ4v) is 1.48. The van der Waals surface area contributed by atoms with E-state index in [-0.39, 0.29) is 51.4 Å². The molecule has 0 saturated heterocycles. The van der Waals surface area contributed by atoms with Gasteiger partial charge in [-0.15, -0.1) is 0 Å². The van der Waals surface area contributed by atoms with Crippen LogP contribution in [0, 0.1) is 0 Å². The summed E-state index contributed by atoms with van der Waals surface area (Å²) in [5.41, 5.74) is -0.201. The summed E-state index contributed by atoms with van der Waals surface area (Å²) < 4.78 is 37.2. The molecule has 1 heterocycles. The minimum Gasteiger partial charge on any atom is -0.445 e. The number of benzene rings is 1. The zero-order valence-electron chi connectivity index (χ0n) is 8.42. The molecule has 0 atom stereocenters. The molecular weight excluding hydrogens is 264 g/mol. The van der Waals surface area contributed by atoms with Crippen molar-refractivity contribution in [3.63, 3.8) is 0 Å². The van der Waals surface area contributed by atoms with Gasteiger partial charge >= 0.3 is 58.4 Å². The second kappa shape index (κ2) is 5.37. The average Bonchev–Trinajstić information content (AvgIpc) is 2.15. The van der Waals surface area contributed by atoms with Crippen LogP contribution in [0.25, 0.3) is 10.9 Å². The number of pyridine rings is 1. The maximum absolute atomic E-state index is 12.4. The topological polar surface area (TPSA) is 12.9 Å². The summed E-state index contributed by atoms with van der Waals surface area (Å²) in [6, 6.07) is 5.71. The van der Waals surface area contributed by atoms with Crippen LogP contribution in [0.4, 0.5) is 12.9 Å². The standard InChI is InChI=1S/C9H5BClF3N.K/c11-8-1-2-9-6(4-8)3-7(5-15-9)10(12,13)14;/h1-5H;/q-1;+1. The Hall–Kier alpha value is 0.411. The van der Waals surface area contributed by atoms with Crippen LogP contribution in [0.1, 0.15) is 0 Å². The summed E-state index contributed by atoms with van der Waals surface area (Å²) in [6.45, 7) is -5.00. The molecule has 2 aromatic rings. The van der Waals surface area contributed by atoms with E-state index in [1.165, 1.54) is 6.07 Å². The molecule has 0 amide bonds. The zero-order valence-corrected chi connectivity index (χ0v) is 12.3. The first-order valence-corrected chi connectivity index (χ1v) is 4.60. The number of nitrogens with zero attached hydrogens (tertiary/aromatic N) is 1. The summed E-state index contributed by atoms with van der Waals surface area (Å²) in [4.78, 5) is 3.73. The number of fused-ring (bicyclic) bond motifs is 1. The molecule has 0 bridgehead atoms. The van der Waals surface area contributed by atoms with Gasteiger partial charge in [0, 0.05) is 11.2 Å². The van der Waals surface area contributed by atoms with E-state index in [1.54, 1.807) is 12.1 Å². The molecule has 0 unspecified atom stereocenters. The van der Waals surface area contributed by atoms with Crippen LogP contribution in [0.15, 0.2) is 30.5 Å². The molecule has 7 heteroatoms. The van der Waals surface area contributed by atoms with E-state index in [4.69, 9.17) is 11.6 Å². The van der Waals surface area contributed by atoms with Crippen molar-refractivity contribution in [3.8, 4) is 0 Å². The number of hydrogen-bond donors (Lipinski definition) is 0. The van der Waals surface area contributed by atoms with Gasteiger partial charge in [-0.1, -0.05) is 23.1 Å². The van der Waals surface area contributed by atoms with E-state index in [0.717, 1.165) is 12.3 Å². The second-order valence-corrected chi connectivity index (χ2v) is 3.62. The minimum atomic E-state index is -5.00. The fourth-order valence-electron chi connectivity index (χ4n) is 1.30. The maximum atomic E-state index is 12.4. The quantitative estimate of drug-likeness (QED) is 0.662. The molecule has 1 aromatic heterocycles. The number of hydrogen-bond acceptors (Lipinski definition) is 1. The molecule has 0 aliphatic heterocycles. The minimum absolute atomic E-state index is 0. The Labute approximate surface area is 138 Å². The van der Waals surface area contributed by atoms with E-state index in [2.05, 4.69) is 4.98 Å². The van der Waals surface area contributed by atoms with Gasteiger partial charge in [0.15, 0.2) is 0 Å². The molecule has 0 aliphatic rings. The van der Waals surface area contributed by atoms with Crippen molar-refractivity contribution in [2.45, 2.75) is 0 Å².